The summed E-state index contributed by atoms with van der Waals surface area (Å²) in [4.78, 5) is 12.1. The number of amides is 1. The summed E-state index contributed by atoms with van der Waals surface area (Å²) in [5.74, 6) is 2.28. The molecule has 2 N–H and O–H groups in total. The Kier molecular flexibility index (Phi) is 3.48. The van der Waals surface area contributed by atoms with Crippen LogP contribution in [0, 0.1) is 11.8 Å². The largest absolute Gasteiger partial charge is 0.353 e. The minimum atomic E-state index is 0.190. The molecule has 2 fully saturated rings. The zero-order valence-corrected chi connectivity index (χ0v) is 11.3. The van der Waals surface area contributed by atoms with Gasteiger partial charge in [0.15, 0.2) is 5.82 Å². The van der Waals surface area contributed by atoms with Crippen molar-refractivity contribution < 1.29 is 4.79 Å². The van der Waals surface area contributed by atoms with E-state index in [0.717, 1.165) is 31.5 Å². The number of hydrogen-bond donors (Lipinski definition) is 2. The Bertz CT molecular complexity index is 420. The second-order valence-electron chi connectivity index (χ2n) is 5.95. The van der Waals surface area contributed by atoms with Crippen molar-refractivity contribution in [3.05, 3.63) is 5.82 Å². The molecule has 0 saturated heterocycles. The van der Waals surface area contributed by atoms with Crippen molar-refractivity contribution in [2.45, 2.75) is 57.4 Å². The van der Waals surface area contributed by atoms with Gasteiger partial charge in [-0.2, -0.15) is 5.21 Å². The number of carbonyl (C=O) groups excluding carboxylic acids is 1. The summed E-state index contributed by atoms with van der Waals surface area (Å²) in [5.41, 5.74) is 0. The van der Waals surface area contributed by atoms with Gasteiger partial charge in [-0.15, -0.1) is 10.2 Å². The lowest BCUT2D eigenvalue weighted by Gasteiger charge is -2.28. The van der Waals surface area contributed by atoms with E-state index in [1.807, 2.05) is 0 Å². The summed E-state index contributed by atoms with van der Waals surface area (Å²) < 4.78 is 0. The van der Waals surface area contributed by atoms with Crippen LogP contribution in [0.4, 0.5) is 0 Å². The topological polar surface area (TPSA) is 83.6 Å². The first-order valence-corrected chi connectivity index (χ1v) is 7.27. The zero-order valence-electron chi connectivity index (χ0n) is 11.3. The van der Waals surface area contributed by atoms with Gasteiger partial charge >= 0.3 is 0 Å². The second kappa shape index (κ2) is 5.27. The van der Waals surface area contributed by atoms with E-state index in [0.29, 0.717) is 17.9 Å². The summed E-state index contributed by atoms with van der Waals surface area (Å²) >= 11 is 0. The predicted molar refractivity (Wildman–Crippen MR) is 69.2 cm³/mol. The molecule has 1 atom stereocenters. The van der Waals surface area contributed by atoms with Crippen molar-refractivity contribution in [1.29, 1.82) is 0 Å². The van der Waals surface area contributed by atoms with Crippen LogP contribution in [0.3, 0.4) is 0 Å². The molecule has 1 aromatic rings. The first-order valence-electron chi connectivity index (χ1n) is 7.27. The first-order chi connectivity index (χ1) is 9.24. The second-order valence-corrected chi connectivity index (χ2v) is 5.95. The molecule has 1 unspecified atom stereocenters. The molecule has 3 rings (SSSR count). The molecule has 6 heteroatoms. The smallest absolute Gasteiger partial charge is 0.223 e. The summed E-state index contributed by atoms with van der Waals surface area (Å²) in [5, 5.41) is 17.4. The van der Waals surface area contributed by atoms with Crippen LogP contribution in [0.2, 0.25) is 0 Å². The lowest BCUT2D eigenvalue weighted by atomic mass is 9.85. The van der Waals surface area contributed by atoms with Crippen molar-refractivity contribution in [1.82, 2.24) is 25.9 Å². The van der Waals surface area contributed by atoms with Gasteiger partial charge in [0.25, 0.3) is 0 Å². The van der Waals surface area contributed by atoms with Gasteiger partial charge < -0.3 is 5.32 Å². The van der Waals surface area contributed by atoms with E-state index in [1.54, 1.807) is 0 Å². The molecule has 2 saturated carbocycles. The summed E-state index contributed by atoms with van der Waals surface area (Å²) in [6.07, 6.45) is 6.54. The van der Waals surface area contributed by atoms with Crippen LogP contribution in [-0.2, 0) is 4.79 Å². The molecule has 1 aromatic heterocycles. The third-order valence-electron chi connectivity index (χ3n) is 4.54. The Morgan fingerprint density at radius 1 is 1.26 bits per heavy atom. The molecule has 2 aliphatic rings. The Labute approximate surface area is 112 Å². The maximum Gasteiger partial charge on any atom is 0.223 e. The molecule has 6 nitrogen and oxygen atoms in total. The molecule has 0 radical (unpaired) electrons. The number of aromatic nitrogens is 4. The highest BCUT2D eigenvalue weighted by Crippen LogP contribution is 2.37. The van der Waals surface area contributed by atoms with Gasteiger partial charge in [-0.05, 0) is 44.4 Å². The van der Waals surface area contributed by atoms with Crippen molar-refractivity contribution in [3.8, 4) is 0 Å². The number of H-pyrrole nitrogens is 1. The molecular weight excluding hydrogens is 242 g/mol. The van der Waals surface area contributed by atoms with Crippen LogP contribution in [-0.4, -0.2) is 32.6 Å². The molecule has 19 heavy (non-hydrogen) atoms. The molecule has 0 aromatic carbocycles. The van der Waals surface area contributed by atoms with Crippen LogP contribution in [0.25, 0.3) is 0 Å². The van der Waals surface area contributed by atoms with E-state index < -0.39 is 0 Å². The van der Waals surface area contributed by atoms with Gasteiger partial charge in [-0.25, -0.2) is 0 Å². The normalized spacial score (nSPS) is 28.9. The van der Waals surface area contributed by atoms with Crippen LogP contribution in [0.1, 0.15) is 57.2 Å². The zero-order chi connectivity index (χ0) is 13.2. The van der Waals surface area contributed by atoms with Gasteiger partial charge in [0.1, 0.15) is 0 Å². The van der Waals surface area contributed by atoms with Crippen LogP contribution >= 0.6 is 0 Å². The molecule has 2 aliphatic carbocycles. The lowest BCUT2D eigenvalue weighted by molar-refractivity contribution is -0.126. The van der Waals surface area contributed by atoms with Crippen molar-refractivity contribution in [3.63, 3.8) is 0 Å². The van der Waals surface area contributed by atoms with Crippen molar-refractivity contribution in [2.24, 2.45) is 11.8 Å². The minimum absolute atomic E-state index is 0.190. The van der Waals surface area contributed by atoms with Gasteiger partial charge in [0, 0.05) is 17.9 Å². The average molecular weight is 263 g/mol. The van der Waals surface area contributed by atoms with E-state index in [-0.39, 0.29) is 11.8 Å². The molecule has 0 aliphatic heterocycles. The third-order valence-corrected chi connectivity index (χ3v) is 4.54. The number of nitrogens with zero attached hydrogens (tertiary/aromatic N) is 3. The van der Waals surface area contributed by atoms with Gasteiger partial charge in [0.2, 0.25) is 5.91 Å². The molecule has 1 heterocycles. The molecule has 0 spiro atoms. The Morgan fingerprint density at radius 2 is 2.00 bits per heavy atom. The average Bonchev–Trinajstić information content (AvgIpc) is 3.14. The highest BCUT2D eigenvalue weighted by atomic mass is 16.1. The fourth-order valence-corrected chi connectivity index (χ4v) is 2.98. The van der Waals surface area contributed by atoms with Crippen LogP contribution < -0.4 is 5.32 Å². The maximum absolute atomic E-state index is 12.1. The van der Waals surface area contributed by atoms with Gasteiger partial charge in [-0.1, -0.05) is 12.1 Å². The summed E-state index contributed by atoms with van der Waals surface area (Å²) in [7, 11) is 0. The Hall–Kier alpha value is -1.46. The van der Waals surface area contributed by atoms with Gasteiger partial charge in [-0.3, -0.25) is 4.79 Å². The number of hydrogen-bond acceptors (Lipinski definition) is 4. The number of rotatable bonds is 4. The number of carbonyl (C=O) groups is 1. The van der Waals surface area contributed by atoms with Crippen LogP contribution in [0.15, 0.2) is 0 Å². The lowest BCUT2D eigenvalue weighted by Crippen LogP contribution is -2.40. The van der Waals surface area contributed by atoms with E-state index in [9.17, 15) is 4.79 Å². The van der Waals surface area contributed by atoms with Crippen molar-refractivity contribution >= 4 is 5.91 Å². The quantitative estimate of drug-likeness (QED) is 0.859. The van der Waals surface area contributed by atoms with E-state index in [1.165, 1.54) is 12.8 Å². The number of nitrogens with one attached hydrogen (secondary N) is 2. The first kappa shape index (κ1) is 12.6. The molecule has 104 valence electrons. The van der Waals surface area contributed by atoms with E-state index >= 15 is 0 Å². The predicted octanol–water partition coefficient (Wildman–Crippen LogP) is 1.39. The highest BCUT2D eigenvalue weighted by Gasteiger charge is 2.34. The number of aromatic amines is 1. The molecule has 0 bridgehead atoms. The molecule has 1 amide bonds. The fraction of sp³-hybridized carbons (Fsp3) is 0.846. The SMILES string of the molecule is CC(C(=O)NC1CCC(c2nn[nH]n2)CC1)C1CC1. The number of tetrazole rings is 1. The van der Waals surface area contributed by atoms with Gasteiger partial charge in [0.05, 0.1) is 0 Å². The fourth-order valence-electron chi connectivity index (χ4n) is 2.98. The Balaban J connectivity index is 1.46. The Morgan fingerprint density at radius 3 is 2.58 bits per heavy atom. The monoisotopic (exact) mass is 263 g/mol. The summed E-state index contributed by atoms with van der Waals surface area (Å²) in [6.45, 7) is 2.05. The highest BCUT2D eigenvalue weighted by molar-refractivity contribution is 5.79. The third kappa shape index (κ3) is 2.93. The standard InChI is InChI=1S/C13H21N5O/c1-8(9-2-3-9)13(19)14-11-6-4-10(5-7-11)12-15-17-18-16-12/h8-11H,2-7H2,1H3,(H,14,19)(H,15,16,17,18). The minimum Gasteiger partial charge on any atom is -0.353 e. The summed E-state index contributed by atoms with van der Waals surface area (Å²) in [6, 6.07) is 0.330. The maximum atomic E-state index is 12.1. The van der Waals surface area contributed by atoms with E-state index in [4.69, 9.17) is 0 Å². The van der Waals surface area contributed by atoms with Crippen LogP contribution in [0.5, 0.6) is 0 Å². The van der Waals surface area contributed by atoms with Crippen molar-refractivity contribution in [2.75, 3.05) is 0 Å². The van der Waals surface area contributed by atoms with E-state index in [2.05, 4.69) is 32.9 Å². The molecular formula is C13H21N5O.